The number of nitrogens with zero attached hydrogens (tertiary/aromatic N) is 1. The highest BCUT2D eigenvalue weighted by atomic mass is 16.6. The Morgan fingerprint density at radius 1 is 1.43 bits per heavy atom. The van der Waals surface area contributed by atoms with E-state index in [1.54, 1.807) is 6.07 Å². The zero-order chi connectivity index (χ0) is 15.4. The van der Waals surface area contributed by atoms with E-state index in [4.69, 9.17) is 4.74 Å². The van der Waals surface area contributed by atoms with Crippen LogP contribution in [-0.2, 0) is 11.2 Å². The maximum Gasteiger partial charge on any atom is 0.410 e. The van der Waals surface area contributed by atoms with E-state index in [2.05, 4.69) is 6.92 Å². The maximum absolute atomic E-state index is 12.3. The van der Waals surface area contributed by atoms with Crippen molar-refractivity contribution in [2.45, 2.75) is 64.1 Å². The first-order valence-electron chi connectivity index (χ1n) is 7.65. The summed E-state index contributed by atoms with van der Waals surface area (Å²) in [5, 5.41) is 9.67. The molecule has 4 heteroatoms. The van der Waals surface area contributed by atoms with E-state index in [0.29, 0.717) is 11.7 Å². The third kappa shape index (κ3) is 2.47. The van der Waals surface area contributed by atoms with E-state index in [0.717, 1.165) is 18.4 Å². The predicted octanol–water partition coefficient (Wildman–Crippen LogP) is 3.43. The molecular weight excluding hydrogens is 266 g/mol. The molecule has 3 atom stereocenters. The van der Waals surface area contributed by atoms with Gasteiger partial charge in [-0.05, 0) is 56.9 Å². The normalized spacial score (nSPS) is 26.9. The molecule has 0 saturated carbocycles. The molecule has 0 spiro atoms. The van der Waals surface area contributed by atoms with Crippen molar-refractivity contribution in [3.63, 3.8) is 0 Å². The minimum Gasteiger partial charge on any atom is -0.508 e. The van der Waals surface area contributed by atoms with E-state index in [1.807, 2.05) is 37.8 Å². The summed E-state index contributed by atoms with van der Waals surface area (Å²) < 4.78 is 5.51. The van der Waals surface area contributed by atoms with Crippen LogP contribution < -0.4 is 0 Å². The van der Waals surface area contributed by atoms with Gasteiger partial charge < -0.3 is 9.84 Å². The van der Waals surface area contributed by atoms with Crippen LogP contribution in [0.25, 0.3) is 0 Å². The van der Waals surface area contributed by atoms with Crippen molar-refractivity contribution >= 4 is 6.09 Å². The first-order chi connectivity index (χ1) is 9.81. The second-order valence-corrected chi connectivity index (χ2v) is 7.05. The van der Waals surface area contributed by atoms with Gasteiger partial charge in [-0.2, -0.15) is 0 Å². The first-order valence-corrected chi connectivity index (χ1v) is 7.65. The molecule has 3 unspecified atom stereocenters. The Hall–Kier alpha value is -1.71. The van der Waals surface area contributed by atoms with Gasteiger partial charge in [-0.15, -0.1) is 0 Å². The molecule has 0 aromatic heterocycles. The summed E-state index contributed by atoms with van der Waals surface area (Å²) in [5.41, 5.74) is 1.96. The van der Waals surface area contributed by atoms with Crippen LogP contribution in [-0.4, -0.2) is 33.8 Å². The van der Waals surface area contributed by atoms with Crippen LogP contribution in [0.15, 0.2) is 18.2 Å². The summed E-state index contributed by atoms with van der Waals surface area (Å²) in [4.78, 5) is 14.2. The summed E-state index contributed by atoms with van der Waals surface area (Å²) in [6, 6.07) is 6.05. The summed E-state index contributed by atoms with van der Waals surface area (Å²) in [7, 11) is 0. The lowest BCUT2D eigenvalue weighted by Gasteiger charge is -2.22. The number of ether oxygens (including phenoxy) is 1. The Morgan fingerprint density at radius 2 is 2.14 bits per heavy atom. The quantitative estimate of drug-likeness (QED) is 0.806. The van der Waals surface area contributed by atoms with Crippen LogP contribution in [0, 0.1) is 0 Å². The standard InChI is InChI=1S/C17H23NO3/c1-5-12-13-7-6-11(19)8-10(13)9-14-15(12)18(14)16(20)21-17(2,3)4/h6-8,12,14-15,19H,5,9H2,1-4H3. The second-order valence-electron chi connectivity index (χ2n) is 7.05. The molecule has 0 radical (unpaired) electrons. The molecule has 4 nitrogen and oxygen atoms in total. The van der Waals surface area contributed by atoms with Gasteiger partial charge in [-0.3, -0.25) is 4.90 Å². The van der Waals surface area contributed by atoms with Gasteiger partial charge in [0.25, 0.3) is 0 Å². The number of carbonyl (C=O) groups excluding carboxylic acids is 1. The highest BCUT2D eigenvalue weighted by Crippen LogP contribution is 2.49. The van der Waals surface area contributed by atoms with Crippen molar-refractivity contribution < 1.29 is 14.6 Å². The molecular formula is C17H23NO3. The van der Waals surface area contributed by atoms with Gasteiger partial charge in [-0.1, -0.05) is 13.0 Å². The minimum atomic E-state index is -0.463. The topological polar surface area (TPSA) is 49.5 Å². The van der Waals surface area contributed by atoms with Gasteiger partial charge in [0.15, 0.2) is 0 Å². The number of hydrogen-bond acceptors (Lipinski definition) is 3. The molecule has 1 amide bonds. The number of benzene rings is 1. The maximum atomic E-state index is 12.3. The molecule has 1 aliphatic heterocycles. The Bertz CT molecular complexity index is 576. The first kappa shape index (κ1) is 14.2. The molecule has 0 bridgehead atoms. The molecule has 2 aliphatic rings. The van der Waals surface area contributed by atoms with Gasteiger partial charge >= 0.3 is 6.09 Å². The molecule has 1 aromatic rings. The van der Waals surface area contributed by atoms with Gasteiger partial charge in [0.1, 0.15) is 11.4 Å². The van der Waals surface area contributed by atoms with E-state index in [-0.39, 0.29) is 18.2 Å². The third-order valence-electron chi connectivity index (χ3n) is 4.39. The number of phenolic OH excluding ortho intramolecular Hbond substituents is 1. The molecule has 3 rings (SSSR count). The van der Waals surface area contributed by atoms with Crippen molar-refractivity contribution in [3.8, 4) is 5.75 Å². The van der Waals surface area contributed by atoms with Crippen LogP contribution >= 0.6 is 0 Å². The number of carbonyl (C=O) groups is 1. The van der Waals surface area contributed by atoms with E-state index < -0.39 is 5.60 Å². The number of phenols is 1. The fraction of sp³-hybridized carbons (Fsp3) is 0.588. The van der Waals surface area contributed by atoms with E-state index in [1.165, 1.54) is 5.56 Å². The Kier molecular flexibility index (Phi) is 3.15. The lowest BCUT2D eigenvalue weighted by molar-refractivity contribution is 0.0390. The monoisotopic (exact) mass is 289 g/mol. The Balaban J connectivity index is 1.83. The van der Waals surface area contributed by atoms with Crippen LogP contribution in [0.3, 0.4) is 0 Å². The molecule has 1 aliphatic carbocycles. The van der Waals surface area contributed by atoms with E-state index >= 15 is 0 Å². The van der Waals surface area contributed by atoms with Crippen LogP contribution in [0.1, 0.15) is 51.2 Å². The van der Waals surface area contributed by atoms with Crippen LogP contribution in [0.2, 0.25) is 0 Å². The summed E-state index contributed by atoms with van der Waals surface area (Å²) in [6.45, 7) is 7.82. The van der Waals surface area contributed by atoms with Gasteiger partial charge in [0.2, 0.25) is 0 Å². The fourth-order valence-corrected chi connectivity index (χ4v) is 3.55. The molecule has 1 heterocycles. The zero-order valence-electron chi connectivity index (χ0n) is 13.1. The number of amides is 1. The Morgan fingerprint density at radius 3 is 2.76 bits per heavy atom. The highest BCUT2D eigenvalue weighted by Gasteiger charge is 2.58. The molecule has 21 heavy (non-hydrogen) atoms. The smallest absolute Gasteiger partial charge is 0.410 e. The van der Waals surface area contributed by atoms with Gasteiger partial charge in [0.05, 0.1) is 12.1 Å². The number of hydrogen-bond donors (Lipinski definition) is 1. The van der Waals surface area contributed by atoms with Gasteiger partial charge in [0, 0.05) is 5.92 Å². The number of aromatic hydroxyl groups is 1. The number of rotatable bonds is 1. The van der Waals surface area contributed by atoms with Crippen LogP contribution in [0.5, 0.6) is 5.75 Å². The minimum absolute atomic E-state index is 0.215. The summed E-state index contributed by atoms with van der Waals surface area (Å²) in [6.07, 6.45) is 1.58. The molecule has 114 valence electrons. The lowest BCUT2D eigenvalue weighted by Crippen LogP contribution is -2.28. The third-order valence-corrected chi connectivity index (χ3v) is 4.39. The zero-order valence-corrected chi connectivity index (χ0v) is 13.1. The summed E-state index contributed by atoms with van der Waals surface area (Å²) in [5.74, 6) is 0.637. The van der Waals surface area contributed by atoms with Gasteiger partial charge in [-0.25, -0.2) is 4.79 Å². The second kappa shape index (κ2) is 4.65. The predicted molar refractivity (Wildman–Crippen MR) is 80.5 cm³/mol. The molecule has 1 N–H and O–H groups in total. The highest BCUT2D eigenvalue weighted by molar-refractivity contribution is 5.74. The Labute approximate surface area is 125 Å². The largest absolute Gasteiger partial charge is 0.508 e. The lowest BCUT2D eigenvalue weighted by atomic mass is 9.81. The average molecular weight is 289 g/mol. The fourth-order valence-electron chi connectivity index (χ4n) is 3.55. The molecule has 1 aromatic carbocycles. The van der Waals surface area contributed by atoms with Crippen molar-refractivity contribution in [2.75, 3.05) is 0 Å². The van der Waals surface area contributed by atoms with Crippen molar-refractivity contribution in [1.29, 1.82) is 0 Å². The van der Waals surface area contributed by atoms with Crippen molar-refractivity contribution in [2.24, 2.45) is 0 Å². The van der Waals surface area contributed by atoms with Crippen molar-refractivity contribution in [3.05, 3.63) is 29.3 Å². The number of fused-ring (bicyclic) bond motifs is 2. The molecule has 1 fully saturated rings. The molecule has 1 saturated heterocycles. The average Bonchev–Trinajstić information content (AvgIpc) is 3.07. The SMILES string of the molecule is CCC1c2ccc(O)cc2CC2C1N2C(=O)OC(C)(C)C. The summed E-state index contributed by atoms with van der Waals surface area (Å²) >= 11 is 0. The van der Waals surface area contributed by atoms with E-state index in [9.17, 15) is 9.90 Å². The van der Waals surface area contributed by atoms with Crippen LogP contribution in [0.4, 0.5) is 4.79 Å². The van der Waals surface area contributed by atoms with Crippen molar-refractivity contribution in [1.82, 2.24) is 4.90 Å².